The summed E-state index contributed by atoms with van der Waals surface area (Å²) in [7, 11) is 0. The molecule has 0 amide bonds. The molecule has 0 aromatic heterocycles. The van der Waals surface area contributed by atoms with E-state index in [4.69, 9.17) is 5.11 Å². The SMILES string of the molecule is CCCCCCCCCCCCCCCCCCC(O)CCC(C)CCCO. The van der Waals surface area contributed by atoms with Crippen molar-refractivity contribution in [2.45, 2.75) is 155 Å². The van der Waals surface area contributed by atoms with Crippen LogP contribution in [-0.4, -0.2) is 22.9 Å². The zero-order valence-electron chi connectivity index (χ0n) is 19.6. The Morgan fingerprint density at radius 2 is 0.929 bits per heavy atom. The molecule has 0 fully saturated rings. The number of rotatable bonds is 23. The lowest BCUT2D eigenvalue weighted by molar-refractivity contribution is 0.141. The van der Waals surface area contributed by atoms with Gasteiger partial charge in [0.1, 0.15) is 0 Å². The maximum atomic E-state index is 10.1. The van der Waals surface area contributed by atoms with Crippen LogP contribution in [0.4, 0.5) is 0 Å². The van der Waals surface area contributed by atoms with E-state index in [2.05, 4.69) is 13.8 Å². The topological polar surface area (TPSA) is 40.5 Å². The van der Waals surface area contributed by atoms with Crippen molar-refractivity contribution in [3.05, 3.63) is 0 Å². The first kappa shape index (κ1) is 27.9. The Balaban J connectivity index is 3.17. The van der Waals surface area contributed by atoms with Gasteiger partial charge in [0, 0.05) is 6.61 Å². The molecule has 2 atom stereocenters. The van der Waals surface area contributed by atoms with Crippen LogP contribution in [0.25, 0.3) is 0 Å². The Labute approximate surface area is 177 Å². The zero-order valence-corrected chi connectivity index (χ0v) is 19.6. The fourth-order valence-corrected chi connectivity index (χ4v) is 4.13. The van der Waals surface area contributed by atoms with Crippen molar-refractivity contribution >= 4 is 0 Å². The van der Waals surface area contributed by atoms with E-state index in [9.17, 15) is 5.11 Å². The standard InChI is InChI=1S/C26H54O2/c1-3-4-5-6-7-8-9-10-11-12-13-14-15-16-17-18-21-26(28)23-22-25(2)20-19-24-27/h25-28H,3-24H2,1-2H3. The van der Waals surface area contributed by atoms with Crippen LogP contribution in [-0.2, 0) is 0 Å². The molecule has 2 unspecified atom stereocenters. The first-order valence-electron chi connectivity index (χ1n) is 13.0. The average Bonchev–Trinajstić information content (AvgIpc) is 2.70. The molecule has 0 aliphatic rings. The van der Waals surface area contributed by atoms with Crippen LogP contribution in [0.3, 0.4) is 0 Å². The van der Waals surface area contributed by atoms with Gasteiger partial charge in [-0.1, -0.05) is 117 Å². The number of hydrogen-bond acceptors (Lipinski definition) is 2. The number of unbranched alkanes of at least 4 members (excludes halogenated alkanes) is 15. The largest absolute Gasteiger partial charge is 0.396 e. The highest BCUT2D eigenvalue weighted by Crippen LogP contribution is 2.18. The molecule has 0 saturated heterocycles. The summed E-state index contributed by atoms with van der Waals surface area (Å²) in [5.41, 5.74) is 0. The van der Waals surface area contributed by atoms with Crippen molar-refractivity contribution < 1.29 is 10.2 Å². The van der Waals surface area contributed by atoms with Crippen LogP contribution < -0.4 is 0 Å². The average molecular weight is 399 g/mol. The van der Waals surface area contributed by atoms with Crippen LogP contribution in [0.5, 0.6) is 0 Å². The van der Waals surface area contributed by atoms with Gasteiger partial charge in [-0.2, -0.15) is 0 Å². The van der Waals surface area contributed by atoms with Crippen molar-refractivity contribution in [2.75, 3.05) is 6.61 Å². The molecular formula is C26H54O2. The molecule has 0 aromatic carbocycles. The lowest BCUT2D eigenvalue weighted by Crippen LogP contribution is -2.09. The minimum Gasteiger partial charge on any atom is -0.396 e. The second kappa shape index (κ2) is 23.2. The highest BCUT2D eigenvalue weighted by molar-refractivity contribution is 4.61. The van der Waals surface area contributed by atoms with Crippen LogP contribution in [0, 0.1) is 5.92 Å². The van der Waals surface area contributed by atoms with E-state index in [0.717, 1.165) is 32.1 Å². The predicted molar refractivity (Wildman–Crippen MR) is 125 cm³/mol. The van der Waals surface area contributed by atoms with Gasteiger partial charge in [-0.15, -0.1) is 0 Å². The normalized spacial score (nSPS) is 13.7. The molecule has 0 aliphatic heterocycles. The first-order valence-corrected chi connectivity index (χ1v) is 13.0. The van der Waals surface area contributed by atoms with E-state index < -0.39 is 0 Å². The molecule has 2 N–H and O–H groups in total. The van der Waals surface area contributed by atoms with E-state index >= 15 is 0 Å². The van der Waals surface area contributed by atoms with E-state index in [1.165, 1.54) is 103 Å². The Morgan fingerprint density at radius 1 is 0.500 bits per heavy atom. The van der Waals surface area contributed by atoms with Gasteiger partial charge in [0.05, 0.1) is 6.10 Å². The molecule has 0 aliphatic carbocycles. The molecule has 0 rings (SSSR count). The Hall–Kier alpha value is -0.0800. The predicted octanol–water partition coefficient (Wildman–Crippen LogP) is 8.19. The monoisotopic (exact) mass is 398 g/mol. The summed E-state index contributed by atoms with van der Waals surface area (Å²) in [6.07, 6.45) is 27.3. The van der Waals surface area contributed by atoms with Gasteiger partial charge in [-0.3, -0.25) is 0 Å². The Bertz CT molecular complexity index is 280. The highest BCUT2D eigenvalue weighted by atomic mass is 16.3. The summed E-state index contributed by atoms with van der Waals surface area (Å²) >= 11 is 0. The first-order chi connectivity index (χ1) is 13.7. The number of aliphatic hydroxyl groups is 2. The lowest BCUT2D eigenvalue weighted by Gasteiger charge is -2.14. The minimum absolute atomic E-state index is 0.108. The molecule has 170 valence electrons. The van der Waals surface area contributed by atoms with Crippen molar-refractivity contribution in [3.63, 3.8) is 0 Å². The molecule has 28 heavy (non-hydrogen) atoms. The van der Waals surface area contributed by atoms with E-state index in [1.54, 1.807) is 0 Å². The summed E-state index contributed by atoms with van der Waals surface area (Å²) in [6.45, 7) is 4.82. The van der Waals surface area contributed by atoms with Gasteiger partial charge in [-0.05, 0) is 38.0 Å². The maximum Gasteiger partial charge on any atom is 0.0540 e. The van der Waals surface area contributed by atoms with Crippen LogP contribution in [0.15, 0.2) is 0 Å². The summed E-state index contributed by atoms with van der Waals surface area (Å²) < 4.78 is 0. The van der Waals surface area contributed by atoms with Gasteiger partial charge >= 0.3 is 0 Å². The van der Waals surface area contributed by atoms with Crippen molar-refractivity contribution in [1.82, 2.24) is 0 Å². The van der Waals surface area contributed by atoms with Crippen LogP contribution >= 0.6 is 0 Å². The highest BCUT2D eigenvalue weighted by Gasteiger charge is 2.08. The summed E-state index contributed by atoms with van der Waals surface area (Å²) in [4.78, 5) is 0. The Morgan fingerprint density at radius 3 is 1.36 bits per heavy atom. The van der Waals surface area contributed by atoms with Gasteiger partial charge in [0.25, 0.3) is 0 Å². The van der Waals surface area contributed by atoms with E-state index in [-0.39, 0.29) is 6.10 Å². The third kappa shape index (κ3) is 22.2. The van der Waals surface area contributed by atoms with Gasteiger partial charge < -0.3 is 10.2 Å². The summed E-state index contributed by atoms with van der Waals surface area (Å²) in [5, 5.41) is 18.9. The zero-order chi connectivity index (χ0) is 20.7. The fourth-order valence-electron chi connectivity index (χ4n) is 4.13. The van der Waals surface area contributed by atoms with Gasteiger partial charge in [-0.25, -0.2) is 0 Å². The van der Waals surface area contributed by atoms with Crippen LogP contribution in [0.1, 0.15) is 149 Å². The van der Waals surface area contributed by atoms with Crippen molar-refractivity contribution in [3.8, 4) is 0 Å². The second-order valence-corrected chi connectivity index (χ2v) is 9.29. The molecule has 0 aromatic rings. The molecule has 0 spiro atoms. The van der Waals surface area contributed by atoms with Crippen molar-refractivity contribution in [1.29, 1.82) is 0 Å². The lowest BCUT2D eigenvalue weighted by atomic mass is 9.96. The summed E-state index contributed by atoms with van der Waals surface area (Å²) in [5.74, 6) is 0.632. The molecule has 0 bridgehead atoms. The number of hydrogen-bond donors (Lipinski definition) is 2. The van der Waals surface area contributed by atoms with E-state index in [0.29, 0.717) is 12.5 Å². The van der Waals surface area contributed by atoms with E-state index in [1.807, 2.05) is 0 Å². The third-order valence-corrected chi connectivity index (χ3v) is 6.24. The number of aliphatic hydroxyl groups excluding tert-OH is 2. The molecule has 0 heterocycles. The Kier molecular flexibility index (Phi) is 23.1. The molecule has 0 radical (unpaired) electrons. The minimum atomic E-state index is -0.108. The quantitative estimate of drug-likeness (QED) is 0.170. The molecular weight excluding hydrogens is 344 g/mol. The van der Waals surface area contributed by atoms with Gasteiger partial charge in [0.2, 0.25) is 0 Å². The van der Waals surface area contributed by atoms with Gasteiger partial charge in [0.15, 0.2) is 0 Å². The molecule has 2 heteroatoms. The van der Waals surface area contributed by atoms with Crippen LogP contribution in [0.2, 0.25) is 0 Å². The molecule has 0 saturated carbocycles. The van der Waals surface area contributed by atoms with Crippen molar-refractivity contribution in [2.24, 2.45) is 5.92 Å². The maximum absolute atomic E-state index is 10.1. The molecule has 2 nitrogen and oxygen atoms in total. The third-order valence-electron chi connectivity index (χ3n) is 6.24. The smallest absolute Gasteiger partial charge is 0.0540 e. The fraction of sp³-hybridized carbons (Fsp3) is 1.00. The second-order valence-electron chi connectivity index (χ2n) is 9.29. The summed E-state index contributed by atoms with van der Waals surface area (Å²) in [6, 6.07) is 0.